The van der Waals surface area contributed by atoms with Crippen LogP contribution in [0.2, 0.25) is 0 Å². The van der Waals surface area contributed by atoms with Crippen molar-refractivity contribution < 1.29 is 14.4 Å². The third-order valence-corrected chi connectivity index (χ3v) is 5.90. The van der Waals surface area contributed by atoms with Crippen LogP contribution in [0.3, 0.4) is 0 Å². The lowest BCUT2D eigenvalue weighted by molar-refractivity contribution is -0.131. The van der Waals surface area contributed by atoms with Crippen molar-refractivity contribution in [2.24, 2.45) is 0 Å². The summed E-state index contributed by atoms with van der Waals surface area (Å²) in [6.45, 7) is 5.26. The van der Waals surface area contributed by atoms with Crippen molar-refractivity contribution in [3.8, 4) is 0 Å². The maximum Gasteiger partial charge on any atom is 0.261 e. The van der Waals surface area contributed by atoms with Crippen LogP contribution in [0.25, 0.3) is 0 Å². The minimum absolute atomic E-state index is 0.166. The maximum atomic E-state index is 12.5. The van der Waals surface area contributed by atoms with Gasteiger partial charge in [-0.1, -0.05) is 18.6 Å². The average Bonchev–Trinajstić information content (AvgIpc) is 3.04. The molecule has 0 spiro atoms. The van der Waals surface area contributed by atoms with Crippen molar-refractivity contribution in [1.29, 1.82) is 0 Å². The van der Waals surface area contributed by atoms with Crippen molar-refractivity contribution in [3.05, 3.63) is 53.5 Å². The number of hydrogen-bond donors (Lipinski definition) is 0. The highest BCUT2D eigenvalue weighted by molar-refractivity contribution is 6.21. The van der Waals surface area contributed by atoms with E-state index in [0.29, 0.717) is 43.6 Å². The number of anilines is 1. The zero-order valence-corrected chi connectivity index (χ0v) is 17.8. The van der Waals surface area contributed by atoms with Crippen molar-refractivity contribution >= 4 is 23.5 Å². The van der Waals surface area contributed by atoms with E-state index in [4.69, 9.17) is 0 Å². The zero-order chi connectivity index (χ0) is 21.8. The molecule has 0 aliphatic carbocycles. The van der Waals surface area contributed by atoms with Crippen LogP contribution in [0, 0.1) is 6.92 Å². The molecule has 1 aromatic carbocycles. The van der Waals surface area contributed by atoms with Gasteiger partial charge in [-0.25, -0.2) is 9.97 Å². The van der Waals surface area contributed by atoms with Crippen LogP contribution < -0.4 is 4.90 Å². The summed E-state index contributed by atoms with van der Waals surface area (Å²) in [5, 5.41) is 0. The summed E-state index contributed by atoms with van der Waals surface area (Å²) < 4.78 is 0. The molecule has 2 aromatic rings. The number of amides is 3. The number of rotatable bonds is 7. The second kappa shape index (κ2) is 9.24. The first-order chi connectivity index (χ1) is 15.0. The Morgan fingerprint density at radius 3 is 2.26 bits per heavy atom. The first-order valence-corrected chi connectivity index (χ1v) is 10.8. The molecule has 3 amide bonds. The van der Waals surface area contributed by atoms with Crippen LogP contribution in [-0.2, 0) is 4.79 Å². The van der Waals surface area contributed by atoms with Crippen molar-refractivity contribution in [1.82, 2.24) is 19.8 Å². The second-order valence-corrected chi connectivity index (χ2v) is 8.00. The van der Waals surface area contributed by atoms with Gasteiger partial charge in [-0.05, 0) is 31.9 Å². The molecular weight excluding hydrogens is 394 g/mol. The number of unbranched alkanes of at least 4 members (excludes halogenated alkanes) is 2. The van der Waals surface area contributed by atoms with E-state index in [1.54, 1.807) is 30.6 Å². The Labute approximate surface area is 181 Å². The Morgan fingerprint density at radius 2 is 1.61 bits per heavy atom. The highest BCUT2D eigenvalue weighted by Gasteiger charge is 2.34. The van der Waals surface area contributed by atoms with Gasteiger partial charge < -0.3 is 9.80 Å². The van der Waals surface area contributed by atoms with Crippen molar-refractivity contribution in [2.45, 2.75) is 32.6 Å². The van der Waals surface area contributed by atoms with Crippen LogP contribution in [-0.4, -0.2) is 70.2 Å². The number of aromatic nitrogens is 2. The Balaban J connectivity index is 1.16. The molecule has 2 aliphatic rings. The van der Waals surface area contributed by atoms with Crippen molar-refractivity contribution in [2.75, 3.05) is 37.6 Å². The Kier molecular flexibility index (Phi) is 6.25. The molecule has 2 aliphatic heterocycles. The van der Waals surface area contributed by atoms with Gasteiger partial charge in [0.1, 0.15) is 12.1 Å². The molecule has 0 unspecified atom stereocenters. The van der Waals surface area contributed by atoms with Crippen LogP contribution in [0.4, 0.5) is 5.82 Å². The molecule has 0 N–H and O–H groups in total. The van der Waals surface area contributed by atoms with Gasteiger partial charge in [-0.15, -0.1) is 0 Å². The van der Waals surface area contributed by atoms with E-state index in [0.717, 1.165) is 37.4 Å². The molecule has 8 heteroatoms. The number of piperazine rings is 1. The van der Waals surface area contributed by atoms with E-state index in [-0.39, 0.29) is 17.7 Å². The average molecular weight is 422 g/mol. The molecule has 8 nitrogen and oxygen atoms in total. The van der Waals surface area contributed by atoms with E-state index < -0.39 is 0 Å². The van der Waals surface area contributed by atoms with Gasteiger partial charge in [0.2, 0.25) is 5.91 Å². The third-order valence-electron chi connectivity index (χ3n) is 5.90. The highest BCUT2D eigenvalue weighted by Crippen LogP contribution is 2.23. The van der Waals surface area contributed by atoms with E-state index in [1.807, 2.05) is 17.9 Å². The molecule has 1 fully saturated rings. The summed E-state index contributed by atoms with van der Waals surface area (Å²) >= 11 is 0. The van der Waals surface area contributed by atoms with Crippen LogP contribution >= 0.6 is 0 Å². The molecule has 4 rings (SSSR count). The number of carbonyl (C=O) groups is 3. The molecule has 3 heterocycles. The summed E-state index contributed by atoms with van der Waals surface area (Å²) in [5.74, 6) is 0.647. The molecule has 0 bridgehead atoms. The molecule has 1 aromatic heterocycles. The van der Waals surface area contributed by atoms with Gasteiger partial charge in [-0.2, -0.15) is 0 Å². The number of aryl methyl sites for hydroxylation is 1. The number of hydrogen-bond acceptors (Lipinski definition) is 6. The molecular formula is C23H27N5O3. The quantitative estimate of drug-likeness (QED) is 0.504. The summed E-state index contributed by atoms with van der Waals surface area (Å²) in [6, 6.07) is 8.90. The van der Waals surface area contributed by atoms with Crippen molar-refractivity contribution in [3.63, 3.8) is 0 Å². The van der Waals surface area contributed by atoms with E-state index in [9.17, 15) is 14.4 Å². The van der Waals surface area contributed by atoms with E-state index >= 15 is 0 Å². The summed E-state index contributed by atoms with van der Waals surface area (Å²) in [6.07, 6.45) is 4.34. The van der Waals surface area contributed by atoms with Gasteiger partial charge in [0.15, 0.2) is 0 Å². The minimum atomic E-state index is -0.214. The molecule has 1 saturated heterocycles. The summed E-state index contributed by atoms with van der Waals surface area (Å²) in [4.78, 5) is 51.1. The zero-order valence-electron chi connectivity index (χ0n) is 17.8. The Hall–Kier alpha value is -3.29. The molecule has 0 radical (unpaired) electrons. The SMILES string of the molecule is Cc1cc(N2CCN(C(=O)CCCCCN3C(=O)c4ccccc4C3=O)CC2)ncn1. The standard InChI is InChI=1S/C23H27N5O3/c1-17-15-20(25-16-24-17)26-11-13-27(14-12-26)21(29)9-3-2-6-10-28-22(30)18-7-4-5-8-19(18)23(28)31/h4-5,7-8,15-16H,2-3,6,9-14H2,1H3. The van der Waals surface area contributed by atoms with Crippen LogP contribution in [0.1, 0.15) is 52.1 Å². The number of imide groups is 1. The summed E-state index contributed by atoms with van der Waals surface area (Å²) in [5.41, 5.74) is 1.91. The lowest BCUT2D eigenvalue weighted by Crippen LogP contribution is -2.49. The normalized spacial score (nSPS) is 16.1. The van der Waals surface area contributed by atoms with Gasteiger partial charge in [0.25, 0.3) is 11.8 Å². The topological polar surface area (TPSA) is 86.7 Å². The van der Waals surface area contributed by atoms with Gasteiger partial charge in [-0.3, -0.25) is 19.3 Å². The maximum absolute atomic E-state index is 12.5. The van der Waals surface area contributed by atoms with Gasteiger partial charge in [0.05, 0.1) is 11.1 Å². The fraction of sp³-hybridized carbons (Fsp3) is 0.435. The molecule has 0 atom stereocenters. The third kappa shape index (κ3) is 4.57. The predicted molar refractivity (Wildman–Crippen MR) is 116 cm³/mol. The number of fused-ring (bicyclic) bond motifs is 1. The number of carbonyl (C=O) groups excluding carboxylic acids is 3. The fourth-order valence-corrected chi connectivity index (χ4v) is 4.12. The predicted octanol–water partition coefficient (Wildman–Crippen LogP) is 2.29. The Morgan fingerprint density at radius 1 is 0.935 bits per heavy atom. The number of nitrogens with zero attached hydrogens (tertiary/aromatic N) is 5. The Bertz CT molecular complexity index is 950. The number of benzene rings is 1. The van der Waals surface area contributed by atoms with Crippen LogP contribution in [0.15, 0.2) is 36.7 Å². The smallest absolute Gasteiger partial charge is 0.261 e. The second-order valence-electron chi connectivity index (χ2n) is 8.00. The lowest BCUT2D eigenvalue weighted by atomic mass is 10.1. The fourth-order valence-electron chi connectivity index (χ4n) is 4.12. The van der Waals surface area contributed by atoms with Crippen LogP contribution in [0.5, 0.6) is 0 Å². The molecule has 31 heavy (non-hydrogen) atoms. The first-order valence-electron chi connectivity index (χ1n) is 10.8. The molecule has 162 valence electrons. The lowest BCUT2D eigenvalue weighted by Gasteiger charge is -2.35. The summed E-state index contributed by atoms with van der Waals surface area (Å²) in [7, 11) is 0. The monoisotopic (exact) mass is 421 g/mol. The van der Waals surface area contributed by atoms with E-state index in [2.05, 4.69) is 14.9 Å². The van der Waals surface area contributed by atoms with Gasteiger partial charge in [0, 0.05) is 50.9 Å². The largest absolute Gasteiger partial charge is 0.353 e. The molecule has 0 saturated carbocycles. The minimum Gasteiger partial charge on any atom is -0.353 e. The highest BCUT2D eigenvalue weighted by atomic mass is 16.2. The van der Waals surface area contributed by atoms with E-state index in [1.165, 1.54) is 4.90 Å². The van der Waals surface area contributed by atoms with Gasteiger partial charge >= 0.3 is 0 Å². The first kappa shape index (κ1) is 21.0.